The Bertz CT molecular complexity index is 559. The van der Waals surface area contributed by atoms with E-state index in [1.807, 2.05) is 12.1 Å². The molecule has 1 unspecified atom stereocenters. The van der Waals surface area contributed by atoms with Crippen LogP contribution in [0.5, 0.6) is 0 Å². The molecule has 0 N–H and O–H groups in total. The number of hydrogen-bond donors (Lipinski definition) is 0. The lowest BCUT2D eigenvalue weighted by atomic mass is 9.88. The van der Waals surface area contributed by atoms with Gasteiger partial charge in [0.15, 0.2) is 0 Å². The Morgan fingerprint density at radius 1 is 0.929 bits per heavy atom. The molecule has 3 aliphatic rings. The van der Waals surface area contributed by atoms with E-state index in [1.54, 1.807) is 0 Å². The summed E-state index contributed by atoms with van der Waals surface area (Å²) in [6.45, 7) is 18.8. The van der Waals surface area contributed by atoms with E-state index >= 15 is 0 Å². The van der Waals surface area contributed by atoms with Gasteiger partial charge in [-0.15, -0.1) is 0 Å². The molecule has 3 rings (SSSR count). The molecule has 3 heterocycles. The quantitative estimate of drug-likeness (QED) is 0.641. The summed E-state index contributed by atoms with van der Waals surface area (Å²) in [6, 6.07) is -0.531. The summed E-state index contributed by atoms with van der Waals surface area (Å²) >= 11 is 0. The Morgan fingerprint density at radius 2 is 1.46 bits per heavy atom. The topological polar surface area (TPSA) is 49.4 Å². The molecule has 0 aromatic rings. The summed E-state index contributed by atoms with van der Waals surface area (Å²) in [5, 5.41) is 1.82. The first kappa shape index (κ1) is 22.9. The molecular formula is C19H38BNO5Si2. The van der Waals surface area contributed by atoms with E-state index in [1.165, 1.54) is 0 Å². The molecule has 160 valence electrons. The first-order valence-corrected chi connectivity index (χ1v) is 14.7. The van der Waals surface area contributed by atoms with Crippen LogP contribution in [0.4, 0.5) is 0 Å². The summed E-state index contributed by atoms with van der Waals surface area (Å²) in [5.74, 6) is 0. The zero-order valence-corrected chi connectivity index (χ0v) is 21.0. The Hall–Kier alpha value is 0.259. The van der Waals surface area contributed by atoms with E-state index in [9.17, 15) is 0 Å². The minimum Gasteiger partial charge on any atom is -0.414 e. The number of hydroxylamine groups is 2. The van der Waals surface area contributed by atoms with Crippen molar-refractivity contribution in [3.63, 3.8) is 0 Å². The lowest BCUT2D eigenvalue weighted by Crippen LogP contribution is -2.71. The second-order valence-electron chi connectivity index (χ2n) is 9.99. The fourth-order valence-electron chi connectivity index (χ4n) is 5.22. The smallest absolute Gasteiger partial charge is 0.335 e. The minimum absolute atomic E-state index is 0.269. The zero-order valence-electron chi connectivity index (χ0n) is 19.0. The third kappa shape index (κ3) is 3.39. The standard InChI is InChI=1S/C19H38BNO5Si2/c1-12(2)27(13(3)4)22-11-19-10-21(9)24-16(18(20)23-19)17(19)25-28(26-27,14(5)6)15(7)8/h12-18H,10-11H2,1-9H3/t16-,17?,18+,19+/m0/s1. The van der Waals surface area contributed by atoms with Gasteiger partial charge in [0.1, 0.15) is 25.7 Å². The van der Waals surface area contributed by atoms with Gasteiger partial charge in [-0.05, 0) is 22.2 Å². The largest absolute Gasteiger partial charge is 0.414 e. The van der Waals surface area contributed by atoms with E-state index < -0.39 is 28.7 Å². The number of ether oxygens (including phenoxy) is 1. The maximum absolute atomic E-state index is 7.21. The highest BCUT2D eigenvalue weighted by atomic mass is 28.5. The summed E-state index contributed by atoms with van der Waals surface area (Å²) in [6.07, 6.45) is -0.621. The molecule has 0 aromatic carbocycles. The lowest BCUT2D eigenvalue weighted by Gasteiger charge is -2.55. The first-order valence-electron chi connectivity index (χ1n) is 10.7. The van der Waals surface area contributed by atoms with E-state index in [2.05, 4.69) is 55.4 Å². The second-order valence-corrected chi connectivity index (χ2v) is 18.8. The molecule has 28 heavy (non-hydrogen) atoms. The van der Waals surface area contributed by atoms with Gasteiger partial charge in [0.2, 0.25) is 0 Å². The predicted octanol–water partition coefficient (Wildman–Crippen LogP) is 3.45. The van der Waals surface area contributed by atoms with Gasteiger partial charge in [-0.25, -0.2) is 0 Å². The molecule has 3 fully saturated rings. The molecule has 0 spiro atoms. The van der Waals surface area contributed by atoms with Crippen LogP contribution in [0.2, 0.25) is 22.2 Å². The van der Waals surface area contributed by atoms with Crippen LogP contribution in [-0.2, 0) is 22.5 Å². The molecule has 2 radical (unpaired) electrons. The Balaban J connectivity index is 2.14. The highest BCUT2D eigenvalue weighted by Crippen LogP contribution is 2.51. The van der Waals surface area contributed by atoms with Gasteiger partial charge < -0.3 is 17.7 Å². The van der Waals surface area contributed by atoms with Gasteiger partial charge in [0.25, 0.3) is 0 Å². The van der Waals surface area contributed by atoms with Gasteiger partial charge in [-0.3, -0.25) is 4.84 Å². The van der Waals surface area contributed by atoms with Crippen LogP contribution < -0.4 is 0 Å². The van der Waals surface area contributed by atoms with Crippen LogP contribution in [0.3, 0.4) is 0 Å². The van der Waals surface area contributed by atoms with Crippen molar-refractivity contribution in [1.29, 1.82) is 0 Å². The highest BCUT2D eigenvalue weighted by Gasteiger charge is 2.67. The van der Waals surface area contributed by atoms with Crippen molar-refractivity contribution in [2.45, 2.75) is 101 Å². The molecule has 2 bridgehead atoms. The van der Waals surface area contributed by atoms with Gasteiger partial charge in [-0.2, -0.15) is 5.06 Å². The Labute approximate surface area is 174 Å². The van der Waals surface area contributed by atoms with Crippen molar-refractivity contribution in [3.05, 3.63) is 0 Å². The fourth-order valence-corrected chi connectivity index (χ4v) is 16.5. The number of nitrogens with zero attached hydrogens (tertiary/aromatic N) is 1. The molecule has 9 heteroatoms. The Morgan fingerprint density at radius 3 is 1.96 bits per heavy atom. The molecule has 0 aromatic heterocycles. The monoisotopic (exact) mass is 427 g/mol. The average Bonchev–Trinajstić information content (AvgIpc) is 2.70. The van der Waals surface area contributed by atoms with Crippen LogP contribution in [0.1, 0.15) is 55.4 Å². The maximum atomic E-state index is 7.21. The van der Waals surface area contributed by atoms with Crippen molar-refractivity contribution in [1.82, 2.24) is 5.06 Å². The van der Waals surface area contributed by atoms with Gasteiger partial charge >= 0.3 is 17.1 Å². The summed E-state index contributed by atoms with van der Waals surface area (Å²) in [7, 11) is 2.99. The van der Waals surface area contributed by atoms with E-state index in [0.717, 1.165) is 0 Å². The summed E-state index contributed by atoms with van der Waals surface area (Å²) < 4.78 is 27.5. The third-order valence-corrected chi connectivity index (χ3v) is 16.9. The van der Waals surface area contributed by atoms with Crippen molar-refractivity contribution in [2.24, 2.45) is 0 Å². The second kappa shape index (κ2) is 7.75. The van der Waals surface area contributed by atoms with Crippen molar-refractivity contribution in [2.75, 3.05) is 20.2 Å². The van der Waals surface area contributed by atoms with Crippen LogP contribution in [0.15, 0.2) is 0 Å². The van der Waals surface area contributed by atoms with E-state index in [4.69, 9.17) is 30.4 Å². The van der Waals surface area contributed by atoms with Crippen molar-refractivity contribution < 1.29 is 22.5 Å². The summed E-state index contributed by atoms with van der Waals surface area (Å²) in [5.41, 5.74) is 0.524. The molecule has 0 aliphatic carbocycles. The normalized spacial score (nSPS) is 38.1. The number of likely N-dealkylation sites (N-methyl/N-ethyl adjacent to an activating group) is 1. The van der Waals surface area contributed by atoms with Crippen molar-refractivity contribution in [3.8, 4) is 0 Å². The van der Waals surface area contributed by atoms with E-state index in [0.29, 0.717) is 24.2 Å². The fraction of sp³-hybridized carbons (Fsp3) is 1.00. The van der Waals surface area contributed by atoms with Gasteiger partial charge in [-0.1, -0.05) is 55.4 Å². The number of hydrogen-bond acceptors (Lipinski definition) is 6. The Kier molecular flexibility index (Phi) is 6.34. The highest BCUT2D eigenvalue weighted by molar-refractivity contribution is 6.84. The van der Waals surface area contributed by atoms with Gasteiger partial charge in [0.05, 0.1) is 13.2 Å². The van der Waals surface area contributed by atoms with Crippen LogP contribution in [0, 0.1) is 0 Å². The van der Waals surface area contributed by atoms with Crippen molar-refractivity contribution >= 4 is 25.0 Å². The number of rotatable bonds is 4. The molecule has 4 atom stereocenters. The zero-order chi connectivity index (χ0) is 21.1. The van der Waals surface area contributed by atoms with Crippen LogP contribution in [-0.4, -0.2) is 74.0 Å². The van der Waals surface area contributed by atoms with Crippen LogP contribution >= 0.6 is 0 Å². The first-order chi connectivity index (χ1) is 12.9. The molecule has 3 saturated heterocycles. The molecule has 3 aliphatic heterocycles. The minimum atomic E-state index is -2.69. The average molecular weight is 427 g/mol. The SMILES string of the molecule is [B][C@@H]1O[C@]23CO[Si](C(C)C)(C(C)C)O[Si](C(C)C)(C(C)C)OC2[C@@H]1ON(C)C3. The molecule has 0 amide bonds. The molecule has 0 saturated carbocycles. The van der Waals surface area contributed by atoms with Gasteiger partial charge in [0, 0.05) is 13.1 Å². The lowest BCUT2D eigenvalue weighted by molar-refractivity contribution is -0.256. The third-order valence-electron chi connectivity index (χ3n) is 6.69. The van der Waals surface area contributed by atoms with Crippen LogP contribution in [0.25, 0.3) is 0 Å². The summed E-state index contributed by atoms with van der Waals surface area (Å²) in [4.78, 5) is 6.03. The molecular weight excluding hydrogens is 389 g/mol. The van der Waals surface area contributed by atoms with E-state index in [-0.39, 0.29) is 23.3 Å². The maximum Gasteiger partial charge on any atom is 0.335 e. The molecule has 6 nitrogen and oxygen atoms in total. The predicted molar refractivity (Wildman–Crippen MR) is 115 cm³/mol.